The van der Waals surface area contributed by atoms with Gasteiger partial charge in [0.25, 0.3) is 0 Å². The van der Waals surface area contributed by atoms with Gasteiger partial charge in [0.15, 0.2) is 5.96 Å². The smallest absolute Gasteiger partial charge is 0.192 e. The van der Waals surface area contributed by atoms with Crippen LogP contribution in [-0.2, 0) is 0 Å². The maximum Gasteiger partial charge on any atom is 0.192 e. The number of nitrogens with one attached hydrogen (secondary N) is 2. The van der Waals surface area contributed by atoms with Crippen LogP contribution in [-0.4, -0.2) is 43.2 Å². The van der Waals surface area contributed by atoms with Crippen molar-refractivity contribution in [1.82, 2.24) is 15.6 Å². The van der Waals surface area contributed by atoms with E-state index >= 15 is 0 Å². The average molecular weight is 306 g/mol. The Morgan fingerprint density at radius 1 is 1.67 bits per heavy atom. The number of pyridine rings is 1. The molecule has 2 heterocycles. The molecular weight excluding hydrogens is 286 g/mol. The summed E-state index contributed by atoms with van der Waals surface area (Å²) in [7, 11) is 0. The molecule has 1 saturated heterocycles. The molecule has 1 aromatic heterocycles. The normalized spacial score (nSPS) is 18.4. The Morgan fingerprint density at radius 2 is 2.52 bits per heavy atom. The van der Waals surface area contributed by atoms with E-state index in [2.05, 4.69) is 31.4 Å². The molecule has 21 heavy (non-hydrogen) atoms. The molecule has 0 saturated carbocycles. The van der Waals surface area contributed by atoms with Crippen LogP contribution in [0.15, 0.2) is 23.3 Å². The molecule has 5 nitrogen and oxygen atoms in total. The first-order valence-corrected chi connectivity index (χ1v) is 7.46. The summed E-state index contributed by atoms with van der Waals surface area (Å²) in [5.41, 5.74) is 0. The molecule has 0 spiro atoms. The van der Waals surface area contributed by atoms with Gasteiger partial charge in [0.05, 0.1) is 5.02 Å². The van der Waals surface area contributed by atoms with E-state index in [4.69, 9.17) is 18.0 Å². The van der Waals surface area contributed by atoms with E-state index in [0.29, 0.717) is 17.6 Å². The van der Waals surface area contributed by atoms with Crippen LogP contribution in [0.4, 0.5) is 5.82 Å². The zero-order valence-electron chi connectivity index (χ0n) is 12.1. The highest BCUT2D eigenvalue weighted by atomic mass is 35.5. The Kier molecular flexibility index (Phi) is 5.70. The molecule has 1 aliphatic rings. The zero-order valence-corrected chi connectivity index (χ0v) is 12.9. The molecule has 2 N–H and O–H groups in total. The number of rotatable bonds is 4. The van der Waals surface area contributed by atoms with Crippen LogP contribution in [0.1, 0.15) is 13.3 Å². The largest absolute Gasteiger partial charge is 0.357 e. The summed E-state index contributed by atoms with van der Waals surface area (Å²) < 4.78 is 0. The minimum absolute atomic E-state index is 0.304. The van der Waals surface area contributed by atoms with Gasteiger partial charge in [-0.2, -0.15) is 0 Å². The van der Waals surface area contributed by atoms with Gasteiger partial charge < -0.3 is 15.5 Å². The number of halogens is 1. The third-order valence-corrected chi connectivity index (χ3v) is 3.54. The van der Waals surface area contributed by atoms with E-state index in [9.17, 15) is 0 Å². The predicted molar refractivity (Wildman–Crippen MR) is 87.8 cm³/mol. The minimum Gasteiger partial charge on any atom is -0.357 e. The van der Waals surface area contributed by atoms with Crippen molar-refractivity contribution in [1.29, 1.82) is 0 Å². The summed E-state index contributed by atoms with van der Waals surface area (Å²) in [4.78, 5) is 10.8. The number of anilines is 1. The van der Waals surface area contributed by atoms with Crippen molar-refractivity contribution in [3.63, 3.8) is 0 Å². The molecule has 1 fully saturated rings. The fourth-order valence-corrected chi connectivity index (χ4v) is 2.56. The number of hydrogen-bond donors (Lipinski definition) is 2. The molecule has 1 unspecified atom stereocenters. The van der Waals surface area contributed by atoms with E-state index in [0.717, 1.165) is 37.8 Å². The summed E-state index contributed by atoms with van der Waals surface area (Å²) in [6, 6.07) is 4.01. The molecule has 112 valence electrons. The molecule has 1 aromatic rings. The topological polar surface area (TPSA) is 52.6 Å². The first kappa shape index (κ1) is 15.5. The van der Waals surface area contributed by atoms with Gasteiger partial charge in [-0.15, -0.1) is 6.42 Å². The third kappa shape index (κ3) is 4.27. The number of guanidine groups is 1. The van der Waals surface area contributed by atoms with Gasteiger partial charge >= 0.3 is 0 Å². The summed E-state index contributed by atoms with van der Waals surface area (Å²) in [5, 5.41) is 7.28. The molecule has 1 aliphatic heterocycles. The van der Waals surface area contributed by atoms with Crippen LogP contribution < -0.4 is 15.5 Å². The maximum atomic E-state index is 6.19. The van der Waals surface area contributed by atoms with Crippen LogP contribution in [0.5, 0.6) is 0 Å². The first-order valence-electron chi connectivity index (χ1n) is 7.08. The summed E-state index contributed by atoms with van der Waals surface area (Å²) in [6.45, 7) is 4.97. The monoisotopic (exact) mass is 305 g/mol. The van der Waals surface area contributed by atoms with Gasteiger partial charge in [-0.3, -0.25) is 0 Å². The molecule has 0 bridgehead atoms. The summed E-state index contributed by atoms with van der Waals surface area (Å²) in [6.07, 6.45) is 8.02. The fourth-order valence-electron chi connectivity index (χ4n) is 2.32. The van der Waals surface area contributed by atoms with Crippen molar-refractivity contribution < 1.29 is 0 Å². The second-order valence-corrected chi connectivity index (χ2v) is 5.19. The molecule has 2 rings (SSSR count). The van der Waals surface area contributed by atoms with Gasteiger partial charge in [-0.1, -0.05) is 17.5 Å². The standard InChI is InChI=1S/C15H20ClN5/c1-3-8-19-15(17-4-2)20-12-7-10-21(11-12)14-13(16)6-5-9-18-14/h1,5-6,9,12H,4,7-8,10-11H2,2H3,(H2,17,19,20). The van der Waals surface area contributed by atoms with E-state index in [1.807, 2.05) is 19.1 Å². The van der Waals surface area contributed by atoms with Crippen molar-refractivity contribution in [2.24, 2.45) is 4.99 Å². The highest BCUT2D eigenvalue weighted by Crippen LogP contribution is 2.25. The third-order valence-electron chi connectivity index (χ3n) is 3.24. The lowest BCUT2D eigenvalue weighted by Gasteiger charge is -2.20. The zero-order chi connectivity index (χ0) is 15.1. The molecule has 0 aromatic carbocycles. The van der Waals surface area contributed by atoms with Gasteiger partial charge in [0.1, 0.15) is 12.4 Å². The first-order chi connectivity index (χ1) is 10.2. The van der Waals surface area contributed by atoms with E-state index < -0.39 is 0 Å². The lowest BCUT2D eigenvalue weighted by molar-refractivity contribution is 0.650. The van der Waals surface area contributed by atoms with E-state index in [1.54, 1.807) is 6.20 Å². The Morgan fingerprint density at radius 3 is 3.24 bits per heavy atom. The molecule has 6 heteroatoms. The Bertz CT molecular complexity index is 537. The van der Waals surface area contributed by atoms with Crippen LogP contribution in [0.25, 0.3) is 0 Å². The van der Waals surface area contributed by atoms with E-state index in [1.165, 1.54) is 0 Å². The second kappa shape index (κ2) is 7.75. The lowest BCUT2D eigenvalue weighted by atomic mass is 10.3. The number of nitrogens with zero attached hydrogens (tertiary/aromatic N) is 3. The van der Waals surface area contributed by atoms with Crippen LogP contribution in [0, 0.1) is 12.3 Å². The number of terminal acetylenes is 1. The average Bonchev–Trinajstić information content (AvgIpc) is 2.94. The molecular formula is C15H20ClN5. The van der Waals surface area contributed by atoms with Crippen molar-refractivity contribution in [2.75, 3.05) is 31.1 Å². The van der Waals surface area contributed by atoms with Crippen molar-refractivity contribution >= 4 is 23.4 Å². The van der Waals surface area contributed by atoms with Gasteiger partial charge in [-0.05, 0) is 25.5 Å². The lowest BCUT2D eigenvalue weighted by Crippen LogP contribution is -2.44. The minimum atomic E-state index is 0.304. The molecule has 0 amide bonds. The number of hydrogen-bond acceptors (Lipinski definition) is 3. The summed E-state index contributed by atoms with van der Waals surface area (Å²) in [5.74, 6) is 4.12. The van der Waals surface area contributed by atoms with Crippen molar-refractivity contribution in [2.45, 2.75) is 19.4 Å². The van der Waals surface area contributed by atoms with Gasteiger partial charge in [-0.25, -0.2) is 9.98 Å². The maximum absolute atomic E-state index is 6.19. The van der Waals surface area contributed by atoms with E-state index in [-0.39, 0.29) is 0 Å². The highest BCUT2D eigenvalue weighted by molar-refractivity contribution is 6.32. The predicted octanol–water partition coefficient (Wildman–Crippen LogP) is 1.50. The Hall–Kier alpha value is -1.93. The quantitative estimate of drug-likeness (QED) is 0.503. The van der Waals surface area contributed by atoms with Gasteiger partial charge in [0, 0.05) is 31.9 Å². The Balaban J connectivity index is 1.96. The van der Waals surface area contributed by atoms with Crippen LogP contribution in [0.3, 0.4) is 0 Å². The second-order valence-electron chi connectivity index (χ2n) is 4.78. The van der Waals surface area contributed by atoms with Gasteiger partial charge in [0.2, 0.25) is 0 Å². The van der Waals surface area contributed by atoms with Crippen molar-refractivity contribution in [3.8, 4) is 12.3 Å². The number of aromatic nitrogens is 1. The molecule has 0 radical (unpaired) electrons. The van der Waals surface area contributed by atoms with Crippen LogP contribution in [0.2, 0.25) is 5.02 Å². The molecule has 0 aliphatic carbocycles. The fraction of sp³-hybridized carbons (Fsp3) is 0.467. The summed E-state index contributed by atoms with van der Waals surface area (Å²) >= 11 is 6.19. The highest BCUT2D eigenvalue weighted by Gasteiger charge is 2.25. The molecule has 1 atom stereocenters. The van der Waals surface area contributed by atoms with Crippen LogP contribution >= 0.6 is 11.6 Å². The Labute approximate surface area is 130 Å². The SMILES string of the molecule is C#CCN=C(NCC)NC1CCN(c2ncccc2Cl)C1. The number of aliphatic imine (C=N–C) groups is 1. The van der Waals surface area contributed by atoms with Crippen molar-refractivity contribution in [3.05, 3.63) is 23.4 Å².